The number of anilines is 1. The van der Waals surface area contributed by atoms with Gasteiger partial charge in [0.25, 0.3) is 0 Å². The molecule has 2 atom stereocenters. The van der Waals surface area contributed by atoms with E-state index in [1.54, 1.807) is 19.5 Å². The molecule has 6 nitrogen and oxygen atoms in total. The Morgan fingerprint density at radius 3 is 2.86 bits per heavy atom. The predicted molar refractivity (Wildman–Crippen MR) is 83.1 cm³/mol. The van der Waals surface area contributed by atoms with E-state index in [0.717, 1.165) is 25.4 Å². The molecule has 3 rings (SSSR count). The SMILES string of the molecule is CO[C@H]1C[C@@H](CO)N(c2cncc(OCC3CCCC3)n2)C1. The number of aliphatic hydroxyl groups is 1. The quantitative estimate of drug-likeness (QED) is 0.861. The maximum Gasteiger partial charge on any atom is 0.234 e. The molecule has 0 spiro atoms. The summed E-state index contributed by atoms with van der Waals surface area (Å²) in [4.78, 5) is 10.9. The van der Waals surface area contributed by atoms with E-state index in [9.17, 15) is 5.11 Å². The van der Waals surface area contributed by atoms with Crippen LogP contribution in [0.1, 0.15) is 32.1 Å². The molecule has 1 aromatic heterocycles. The third-order valence-electron chi connectivity index (χ3n) is 4.76. The van der Waals surface area contributed by atoms with Crippen molar-refractivity contribution in [3.63, 3.8) is 0 Å². The van der Waals surface area contributed by atoms with Gasteiger partial charge in [-0.05, 0) is 25.2 Å². The third-order valence-corrected chi connectivity index (χ3v) is 4.76. The monoisotopic (exact) mass is 307 g/mol. The first-order chi connectivity index (χ1) is 10.8. The molecule has 2 aliphatic rings. The van der Waals surface area contributed by atoms with Crippen molar-refractivity contribution in [1.29, 1.82) is 0 Å². The minimum Gasteiger partial charge on any atom is -0.476 e. The van der Waals surface area contributed by atoms with E-state index in [1.807, 2.05) is 0 Å². The summed E-state index contributed by atoms with van der Waals surface area (Å²) in [6, 6.07) is 0.0318. The van der Waals surface area contributed by atoms with Crippen LogP contribution in [0.3, 0.4) is 0 Å². The Labute approximate surface area is 131 Å². The van der Waals surface area contributed by atoms with Crippen LogP contribution in [-0.4, -0.2) is 54.1 Å². The van der Waals surface area contributed by atoms with Crippen LogP contribution in [0.5, 0.6) is 5.88 Å². The Morgan fingerprint density at radius 1 is 1.32 bits per heavy atom. The van der Waals surface area contributed by atoms with E-state index in [1.165, 1.54) is 25.7 Å². The topological polar surface area (TPSA) is 67.7 Å². The van der Waals surface area contributed by atoms with Gasteiger partial charge in [0.1, 0.15) is 0 Å². The van der Waals surface area contributed by atoms with Crippen LogP contribution >= 0.6 is 0 Å². The van der Waals surface area contributed by atoms with Crippen molar-refractivity contribution in [3.05, 3.63) is 12.4 Å². The molecule has 0 aromatic carbocycles. The van der Waals surface area contributed by atoms with Crippen LogP contribution in [-0.2, 0) is 4.74 Å². The number of nitrogens with zero attached hydrogens (tertiary/aromatic N) is 3. The van der Waals surface area contributed by atoms with E-state index < -0.39 is 0 Å². The zero-order valence-electron chi connectivity index (χ0n) is 13.1. The van der Waals surface area contributed by atoms with Crippen LogP contribution < -0.4 is 9.64 Å². The Balaban J connectivity index is 1.64. The van der Waals surface area contributed by atoms with Gasteiger partial charge >= 0.3 is 0 Å². The standard InChI is InChI=1S/C16H25N3O3/c1-21-14-6-13(10-20)19(9-14)15-7-17-8-16(18-15)22-11-12-4-2-3-5-12/h7-8,12-14,20H,2-6,9-11H2,1H3/t13-,14-/m0/s1. The molecule has 0 bridgehead atoms. The fraction of sp³-hybridized carbons (Fsp3) is 0.750. The van der Waals surface area contributed by atoms with Gasteiger partial charge in [0.15, 0.2) is 5.82 Å². The van der Waals surface area contributed by atoms with Crippen molar-refractivity contribution >= 4 is 5.82 Å². The van der Waals surface area contributed by atoms with Gasteiger partial charge in [-0.3, -0.25) is 4.98 Å². The first-order valence-corrected chi connectivity index (χ1v) is 8.15. The molecule has 0 radical (unpaired) electrons. The number of hydrogen-bond acceptors (Lipinski definition) is 6. The molecule has 0 amide bonds. The smallest absolute Gasteiger partial charge is 0.234 e. The Hall–Kier alpha value is -1.40. The van der Waals surface area contributed by atoms with Gasteiger partial charge in [0.2, 0.25) is 5.88 Å². The lowest BCUT2D eigenvalue weighted by Crippen LogP contribution is -2.33. The maximum atomic E-state index is 9.55. The van der Waals surface area contributed by atoms with Crippen LogP contribution in [0.4, 0.5) is 5.82 Å². The van der Waals surface area contributed by atoms with Crippen molar-refractivity contribution in [3.8, 4) is 5.88 Å². The molecule has 1 aromatic rings. The molecule has 2 fully saturated rings. The van der Waals surface area contributed by atoms with E-state index in [2.05, 4.69) is 14.9 Å². The van der Waals surface area contributed by atoms with E-state index >= 15 is 0 Å². The lowest BCUT2D eigenvalue weighted by Gasteiger charge is -2.23. The first kappa shape index (κ1) is 15.5. The average Bonchev–Trinajstić information content (AvgIpc) is 3.22. The minimum atomic E-state index is 0.0318. The van der Waals surface area contributed by atoms with Gasteiger partial charge in [-0.15, -0.1) is 0 Å². The maximum absolute atomic E-state index is 9.55. The summed E-state index contributed by atoms with van der Waals surface area (Å²) in [6.45, 7) is 1.54. The Kier molecular flexibility index (Phi) is 5.10. The van der Waals surface area contributed by atoms with Gasteiger partial charge in [0.05, 0.1) is 37.8 Å². The molecule has 2 heterocycles. The van der Waals surface area contributed by atoms with Crippen molar-refractivity contribution in [1.82, 2.24) is 9.97 Å². The summed E-state index contributed by atoms with van der Waals surface area (Å²) < 4.78 is 11.2. The van der Waals surface area contributed by atoms with Gasteiger partial charge < -0.3 is 19.5 Å². The van der Waals surface area contributed by atoms with Crippen LogP contribution in [0.2, 0.25) is 0 Å². The average molecular weight is 307 g/mol. The fourth-order valence-electron chi connectivity index (χ4n) is 3.42. The molecule has 122 valence electrons. The third kappa shape index (κ3) is 3.50. The molecule has 1 aliphatic heterocycles. The number of ether oxygens (including phenoxy) is 2. The number of methoxy groups -OCH3 is 1. The second-order valence-electron chi connectivity index (χ2n) is 6.26. The van der Waals surface area contributed by atoms with Crippen molar-refractivity contribution in [2.75, 3.05) is 31.8 Å². The lowest BCUT2D eigenvalue weighted by molar-refractivity contribution is 0.115. The molecular weight excluding hydrogens is 282 g/mol. The van der Waals surface area contributed by atoms with Gasteiger partial charge in [-0.1, -0.05) is 12.8 Å². The highest BCUT2D eigenvalue weighted by Crippen LogP contribution is 2.27. The molecule has 0 unspecified atom stereocenters. The van der Waals surface area contributed by atoms with Crippen LogP contribution in [0.15, 0.2) is 12.4 Å². The van der Waals surface area contributed by atoms with E-state index in [-0.39, 0.29) is 18.8 Å². The van der Waals surface area contributed by atoms with Crippen molar-refractivity contribution < 1.29 is 14.6 Å². The molecule has 1 saturated carbocycles. The molecule has 1 N–H and O–H groups in total. The van der Waals surface area contributed by atoms with E-state index in [0.29, 0.717) is 11.8 Å². The number of aliphatic hydroxyl groups excluding tert-OH is 1. The number of rotatable bonds is 6. The van der Waals surface area contributed by atoms with Crippen molar-refractivity contribution in [2.24, 2.45) is 5.92 Å². The molecule has 6 heteroatoms. The van der Waals surface area contributed by atoms with Gasteiger partial charge in [-0.2, -0.15) is 4.98 Å². The second kappa shape index (κ2) is 7.24. The summed E-state index contributed by atoms with van der Waals surface area (Å²) in [6.07, 6.45) is 9.44. The highest BCUT2D eigenvalue weighted by Gasteiger charge is 2.32. The summed E-state index contributed by atoms with van der Waals surface area (Å²) in [7, 11) is 1.70. The zero-order chi connectivity index (χ0) is 15.4. The highest BCUT2D eigenvalue weighted by atomic mass is 16.5. The fourth-order valence-corrected chi connectivity index (χ4v) is 3.42. The van der Waals surface area contributed by atoms with Crippen LogP contribution in [0.25, 0.3) is 0 Å². The summed E-state index contributed by atoms with van der Waals surface area (Å²) >= 11 is 0. The number of hydrogen-bond donors (Lipinski definition) is 1. The predicted octanol–water partition coefficient (Wildman–Crippen LogP) is 1.63. The van der Waals surface area contributed by atoms with E-state index in [4.69, 9.17) is 9.47 Å². The largest absolute Gasteiger partial charge is 0.476 e. The minimum absolute atomic E-state index is 0.0318. The Bertz CT molecular complexity index is 479. The summed E-state index contributed by atoms with van der Waals surface area (Å²) in [5.41, 5.74) is 0. The lowest BCUT2D eigenvalue weighted by atomic mass is 10.1. The second-order valence-corrected chi connectivity index (χ2v) is 6.26. The first-order valence-electron chi connectivity index (χ1n) is 8.15. The highest BCUT2D eigenvalue weighted by molar-refractivity contribution is 5.41. The van der Waals surface area contributed by atoms with Gasteiger partial charge in [-0.25, -0.2) is 0 Å². The zero-order valence-corrected chi connectivity index (χ0v) is 13.1. The Morgan fingerprint density at radius 2 is 2.14 bits per heavy atom. The molecule has 22 heavy (non-hydrogen) atoms. The number of aromatic nitrogens is 2. The van der Waals surface area contributed by atoms with Gasteiger partial charge in [0, 0.05) is 13.7 Å². The van der Waals surface area contributed by atoms with Crippen LogP contribution in [0, 0.1) is 5.92 Å². The molecule has 1 saturated heterocycles. The molecular formula is C16H25N3O3. The molecule has 1 aliphatic carbocycles. The summed E-state index contributed by atoms with van der Waals surface area (Å²) in [5, 5.41) is 9.55. The van der Waals surface area contributed by atoms with Crippen molar-refractivity contribution in [2.45, 2.75) is 44.2 Å². The normalized spacial score (nSPS) is 25.8. The summed E-state index contributed by atoms with van der Waals surface area (Å²) in [5.74, 6) is 1.98.